The summed E-state index contributed by atoms with van der Waals surface area (Å²) in [5.74, 6) is -1.54. The molecule has 1 saturated carbocycles. The molecule has 0 aliphatic heterocycles. The van der Waals surface area contributed by atoms with Crippen LogP contribution in [0.25, 0.3) is 0 Å². The highest BCUT2D eigenvalue weighted by Gasteiger charge is 2.23. The third kappa shape index (κ3) is 4.54. The maximum Gasteiger partial charge on any atom is 0.338 e. The Morgan fingerprint density at radius 3 is 2.59 bits per heavy atom. The van der Waals surface area contributed by atoms with E-state index in [1.165, 1.54) is 25.0 Å². The molecule has 0 unspecified atom stereocenters. The number of benzene rings is 1. The van der Waals surface area contributed by atoms with Crippen LogP contribution in [-0.4, -0.2) is 23.8 Å². The second-order valence-corrected chi connectivity index (χ2v) is 6.10. The SMILES string of the molecule is CCCCCOC1CCC(c2ccc(C(=O)O)c(F)c2)CC1. The normalized spacial score (nSPS) is 21.7. The van der Waals surface area contributed by atoms with Crippen LogP contribution in [0.5, 0.6) is 0 Å². The molecule has 0 heterocycles. The Balaban J connectivity index is 1.84. The van der Waals surface area contributed by atoms with Crippen LogP contribution in [0.3, 0.4) is 0 Å². The fraction of sp³-hybridized carbons (Fsp3) is 0.611. The first kappa shape index (κ1) is 16.9. The molecule has 0 saturated heterocycles. The van der Waals surface area contributed by atoms with Gasteiger partial charge in [0.05, 0.1) is 11.7 Å². The summed E-state index contributed by atoms with van der Waals surface area (Å²) in [7, 11) is 0. The molecular weight excluding hydrogens is 283 g/mol. The van der Waals surface area contributed by atoms with E-state index in [1.54, 1.807) is 6.07 Å². The van der Waals surface area contributed by atoms with Gasteiger partial charge in [-0.3, -0.25) is 0 Å². The maximum atomic E-state index is 13.8. The minimum Gasteiger partial charge on any atom is -0.478 e. The van der Waals surface area contributed by atoms with Gasteiger partial charge in [0, 0.05) is 6.61 Å². The maximum absolute atomic E-state index is 13.8. The highest BCUT2D eigenvalue weighted by atomic mass is 19.1. The Morgan fingerprint density at radius 1 is 1.27 bits per heavy atom. The third-order valence-corrected chi connectivity index (χ3v) is 4.47. The average molecular weight is 308 g/mol. The minimum atomic E-state index is -1.21. The molecule has 0 spiro atoms. The first-order chi connectivity index (χ1) is 10.6. The topological polar surface area (TPSA) is 46.5 Å². The molecule has 1 aromatic carbocycles. The first-order valence-corrected chi connectivity index (χ1v) is 8.26. The number of carbonyl (C=O) groups is 1. The summed E-state index contributed by atoms with van der Waals surface area (Å²) in [6.07, 6.45) is 7.82. The van der Waals surface area contributed by atoms with E-state index in [0.717, 1.165) is 44.3 Å². The predicted molar refractivity (Wildman–Crippen MR) is 83.8 cm³/mol. The van der Waals surface area contributed by atoms with E-state index in [4.69, 9.17) is 9.84 Å². The molecule has 3 nitrogen and oxygen atoms in total. The Kier molecular flexibility index (Phi) is 6.37. The van der Waals surface area contributed by atoms with E-state index < -0.39 is 11.8 Å². The van der Waals surface area contributed by atoms with Crippen molar-refractivity contribution in [2.45, 2.75) is 63.9 Å². The predicted octanol–water partition coefficient (Wildman–Crippen LogP) is 4.76. The largest absolute Gasteiger partial charge is 0.478 e. The molecule has 1 aliphatic rings. The lowest BCUT2D eigenvalue weighted by atomic mass is 9.82. The number of unbranched alkanes of at least 4 members (excludes halogenated alkanes) is 2. The zero-order valence-corrected chi connectivity index (χ0v) is 13.2. The Labute approximate surface area is 131 Å². The van der Waals surface area contributed by atoms with E-state index in [-0.39, 0.29) is 5.56 Å². The molecule has 4 heteroatoms. The lowest BCUT2D eigenvalue weighted by Crippen LogP contribution is -2.21. The zero-order valence-electron chi connectivity index (χ0n) is 13.2. The van der Waals surface area contributed by atoms with Gasteiger partial charge in [-0.1, -0.05) is 25.8 Å². The summed E-state index contributed by atoms with van der Waals surface area (Å²) in [6.45, 7) is 3.02. The number of aromatic carboxylic acids is 1. The van der Waals surface area contributed by atoms with Gasteiger partial charge in [0.15, 0.2) is 0 Å². The van der Waals surface area contributed by atoms with Crippen LogP contribution in [0.15, 0.2) is 18.2 Å². The fourth-order valence-corrected chi connectivity index (χ4v) is 3.12. The van der Waals surface area contributed by atoms with E-state index in [0.29, 0.717) is 12.0 Å². The molecule has 1 aliphatic carbocycles. The molecule has 0 amide bonds. The van der Waals surface area contributed by atoms with Crippen LogP contribution in [0, 0.1) is 5.82 Å². The first-order valence-electron chi connectivity index (χ1n) is 8.26. The smallest absolute Gasteiger partial charge is 0.338 e. The highest BCUT2D eigenvalue weighted by molar-refractivity contribution is 5.87. The highest BCUT2D eigenvalue weighted by Crippen LogP contribution is 2.34. The van der Waals surface area contributed by atoms with Crippen molar-refractivity contribution in [3.8, 4) is 0 Å². The standard InChI is InChI=1S/C18H25FO3/c1-2-3-4-11-22-15-8-5-13(6-9-15)14-7-10-16(18(20)21)17(19)12-14/h7,10,12-13,15H,2-6,8-9,11H2,1H3,(H,20,21). The van der Waals surface area contributed by atoms with Crippen molar-refractivity contribution in [1.29, 1.82) is 0 Å². The Bertz CT molecular complexity index is 493. The number of hydrogen-bond acceptors (Lipinski definition) is 2. The van der Waals surface area contributed by atoms with Gasteiger partial charge in [-0.25, -0.2) is 9.18 Å². The van der Waals surface area contributed by atoms with Crippen molar-refractivity contribution in [2.75, 3.05) is 6.61 Å². The van der Waals surface area contributed by atoms with Crippen LogP contribution in [0.1, 0.15) is 73.7 Å². The zero-order chi connectivity index (χ0) is 15.9. The molecule has 122 valence electrons. The molecule has 0 aromatic heterocycles. The Hall–Kier alpha value is -1.42. The van der Waals surface area contributed by atoms with Crippen molar-refractivity contribution >= 4 is 5.97 Å². The number of ether oxygens (including phenoxy) is 1. The van der Waals surface area contributed by atoms with Gasteiger partial charge < -0.3 is 9.84 Å². The average Bonchev–Trinajstić information content (AvgIpc) is 2.52. The molecule has 0 atom stereocenters. The lowest BCUT2D eigenvalue weighted by Gasteiger charge is -2.29. The van der Waals surface area contributed by atoms with Crippen LogP contribution in [-0.2, 0) is 4.74 Å². The molecule has 1 aromatic rings. The summed E-state index contributed by atoms with van der Waals surface area (Å²) >= 11 is 0. The van der Waals surface area contributed by atoms with Crippen molar-refractivity contribution < 1.29 is 19.0 Å². The molecule has 0 bridgehead atoms. The lowest BCUT2D eigenvalue weighted by molar-refractivity contribution is 0.0227. The molecular formula is C18H25FO3. The van der Waals surface area contributed by atoms with Gasteiger partial charge in [-0.05, 0) is 55.7 Å². The van der Waals surface area contributed by atoms with Crippen LogP contribution >= 0.6 is 0 Å². The van der Waals surface area contributed by atoms with E-state index >= 15 is 0 Å². The van der Waals surface area contributed by atoms with Gasteiger partial charge in [-0.2, -0.15) is 0 Å². The summed E-state index contributed by atoms with van der Waals surface area (Å²) in [5.41, 5.74) is 0.656. The molecule has 0 radical (unpaired) electrons. The molecule has 2 rings (SSSR count). The van der Waals surface area contributed by atoms with Crippen molar-refractivity contribution in [3.05, 3.63) is 35.1 Å². The van der Waals surface area contributed by atoms with Gasteiger partial charge in [0.1, 0.15) is 5.82 Å². The van der Waals surface area contributed by atoms with Crippen molar-refractivity contribution in [1.82, 2.24) is 0 Å². The van der Waals surface area contributed by atoms with Crippen LogP contribution in [0.4, 0.5) is 4.39 Å². The van der Waals surface area contributed by atoms with Gasteiger partial charge in [-0.15, -0.1) is 0 Å². The number of rotatable bonds is 7. The van der Waals surface area contributed by atoms with Crippen LogP contribution in [0.2, 0.25) is 0 Å². The van der Waals surface area contributed by atoms with E-state index in [2.05, 4.69) is 6.92 Å². The second kappa shape index (κ2) is 8.28. The summed E-state index contributed by atoms with van der Waals surface area (Å²) < 4.78 is 19.7. The summed E-state index contributed by atoms with van der Waals surface area (Å²) in [6, 6.07) is 4.51. The van der Waals surface area contributed by atoms with Gasteiger partial charge in [0.25, 0.3) is 0 Å². The minimum absolute atomic E-state index is 0.253. The van der Waals surface area contributed by atoms with Gasteiger partial charge >= 0.3 is 5.97 Å². The number of halogens is 1. The van der Waals surface area contributed by atoms with Crippen molar-refractivity contribution in [2.24, 2.45) is 0 Å². The molecule has 22 heavy (non-hydrogen) atoms. The summed E-state index contributed by atoms with van der Waals surface area (Å²) in [4.78, 5) is 10.8. The monoisotopic (exact) mass is 308 g/mol. The fourth-order valence-electron chi connectivity index (χ4n) is 3.12. The summed E-state index contributed by atoms with van der Waals surface area (Å²) in [5, 5.41) is 8.87. The van der Waals surface area contributed by atoms with Gasteiger partial charge in [0.2, 0.25) is 0 Å². The molecule has 1 N–H and O–H groups in total. The van der Waals surface area contributed by atoms with Crippen molar-refractivity contribution in [3.63, 3.8) is 0 Å². The quantitative estimate of drug-likeness (QED) is 0.739. The third-order valence-electron chi connectivity index (χ3n) is 4.47. The number of carboxylic acid groups (broad SMARTS) is 1. The van der Waals surface area contributed by atoms with Crippen LogP contribution < -0.4 is 0 Å². The molecule has 1 fully saturated rings. The number of hydrogen-bond donors (Lipinski definition) is 1. The Morgan fingerprint density at radius 2 is 2.00 bits per heavy atom. The number of carboxylic acids is 1. The second-order valence-electron chi connectivity index (χ2n) is 6.10. The van der Waals surface area contributed by atoms with E-state index in [9.17, 15) is 9.18 Å². The van der Waals surface area contributed by atoms with E-state index in [1.807, 2.05) is 0 Å².